The number of aryl methyl sites for hydroxylation is 1. The summed E-state index contributed by atoms with van der Waals surface area (Å²) >= 11 is 0. The van der Waals surface area contributed by atoms with E-state index in [1.54, 1.807) is 0 Å². The van der Waals surface area contributed by atoms with Crippen LogP contribution in [0.4, 0.5) is 0 Å². The third kappa shape index (κ3) is 1.75. The highest BCUT2D eigenvalue weighted by Crippen LogP contribution is 2.25. The Kier molecular flexibility index (Phi) is 2.27. The van der Waals surface area contributed by atoms with Crippen LogP contribution < -0.4 is 5.73 Å². The smallest absolute Gasteiger partial charge is 0.215 e. The van der Waals surface area contributed by atoms with E-state index in [1.165, 1.54) is 5.56 Å². The molecule has 0 saturated carbocycles. The normalized spacial score (nSPS) is 15.5. The van der Waals surface area contributed by atoms with Gasteiger partial charge in [-0.25, -0.2) is 4.98 Å². The molecule has 0 aliphatic rings. The first-order chi connectivity index (χ1) is 7.03. The van der Waals surface area contributed by atoms with Gasteiger partial charge in [0.2, 0.25) is 5.89 Å². The maximum Gasteiger partial charge on any atom is 0.215 e. The number of oxazole rings is 1. The van der Waals surface area contributed by atoms with Gasteiger partial charge in [0.15, 0.2) is 5.58 Å². The van der Waals surface area contributed by atoms with Crippen LogP contribution in [0.5, 0.6) is 0 Å². The van der Waals surface area contributed by atoms with Crippen molar-refractivity contribution in [2.24, 2.45) is 5.73 Å². The van der Waals surface area contributed by atoms with Crippen molar-refractivity contribution in [2.45, 2.75) is 32.7 Å². The number of benzene rings is 1. The Labute approximate surface area is 89.3 Å². The van der Waals surface area contributed by atoms with Gasteiger partial charge in [0.05, 0.1) is 5.54 Å². The molecule has 0 saturated heterocycles. The number of hydrogen-bond acceptors (Lipinski definition) is 3. The zero-order chi connectivity index (χ0) is 11.1. The summed E-state index contributed by atoms with van der Waals surface area (Å²) in [6, 6.07) is 5.97. The fourth-order valence-electron chi connectivity index (χ4n) is 1.43. The molecule has 0 spiro atoms. The molecule has 0 aliphatic carbocycles. The molecule has 1 aromatic heterocycles. The van der Waals surface area contributed by atoms with Gasteiger partial charge in [-0.2, -0.15) is 0 Å². The summed E-state index contributed by atoms with van der Waals surface area (Å²) < 4.78 is 5.67. The van der Waals surface area contributed by atoms with Crippen molar-refractivity contribution < 1.29 is 4.42 Å². The molecule has 15 heavy (non-hydrogen) atoms. The van der Waals surface area contributed by atoms with E-state index in [0.717, 1.165) is 17.5 Å². The average Bonchev–Trinajstić information content (AvgIpc) is 2.61. The van der Waals surface area contributed by atoms with Crippen molar-refractivity contribution >= 4 is 11.1 Å². The first-order valence-electron chi connectivity index (χ1n) is 5.19. The third-order valence-electron chi connectivity index (χ3n) is 2.77. The van der Waals surface area contributed by atoms with E-state index in [-0.39, 0.29) is 0 Å². The minimum Gasteiger partial charge on any atom is -0.439 e. The topological polar surface area (TPSA) is 52.0 Å². The summed E-state index contributed by atoms with van der Waals surface area (Å²) in [5.41, 5.74) is 8.46. The highest BCUT2D eigenvalue weighted by atomic mass is 16.3. The minimum absolute atomic E-state index is 0.479. The molecule has 1 heterocycles. The first kappa shape index (κ1) is 10.2. The van der Waals surface area contributed by atoms with Gasteiger partial charge in [-0.05, 0) is 38.0 Å². The summed E-state index contributed by atoms with van der Waals surface area (Å²) in [5.74, 6) is 0.616. The van der Waals surface area contributed by atoms with Crippen molar-refractivity contribution in [1.29, 1.82) is 0 Å². The maximum atomic E-state index is 6.08. The summed E-state index contributed by atoms with van der Waals surface area (Å²) in [7, 11) is 0. The lowest BCUT2D eigenvalue weighted by atomic mass is 10.0. The van der Waals surface area contributed by atoms with E-state index < -0.39 is 5.54 Å². The van der Waals surface area contributed by atoms with E-state index in [9.17, 15) is 0 Å². The fraction of sp³-hybridized carbons (Fsp3) is 0.417. The van der Waals surface area contributed by atoms with Gasteiger partial charge in [-0.3, -0.25) is 0 Å². The molecule has 2 aromatic rings. The van der Waals surface area contributed by atoms with Crippen LogP contribution in [0.1, 0.15) is 31.7 Å². The van der Waals surface area contributed by atoms with Crippen LogP contribution >= 0.6 is 0 Å². The van der Waals surface area contributed by atoms with Crippen molar-refractivity contribution in [3.05, 3.63) is 29.7 Å². The summed E-state index contributed by atoms with van der Waals surface area (Å²) in [6.45, 7) is 5.99. The average molecular weight is 204 g/mol. The largest absolute Gasteiger partial charge is 0.439 e. The molecule has 0 radical (unpaired) electrons. The highest BCUT2D eigenvalue weighted by molar-refractivity contribution is 5.73. The van der Waals surface area contributed by atoms with Crippen LogP contribution in [-0.2, 0) is 5.54 Å². The number of nitrogens with two attached hydrogens (primary N) is 1. The van der Waals surface area contributed by atoms with Gasteiger partial charge in [-0.1, -0.05) is 13.0 Å². The molecule has 3 nitrogen and oxygen atoms in total. The number of nitrogens with zero attached hydrogens (tertiary/aromatic N) is 1. The summed E-state index contributed by atoms with van der Waals surface area (Å²) in [4.78, 5) is 4.40. The van der Waals surface area contributed by atoms with Crippen LogP contribution in [0.2, 0.25) is 0 Å². The van der Waals surface area contributed by atoms with Crippen molar-refractivity contribution in [1.82, 2.24) is 4.98 Å². The quantitative estimate of drug-likeness (QED) is 0.818. The first-order valence-corrected chi connectivity index (χ1v) is 5.19. The zero-order valence-electron chi connectivity index (χ0n) is 9.37. The molecule has 80 valence electrons. The summed E-state index contributed by atoms with van der Waals surface area (Å²) in [5, 5.41) is 0. The van der Waals surface area contributed by atoms with Crippen molar-refractivity contribution in [3.8, 4) is 0 Å². The standard InChI is InChI=1S/C12H16N2O/c1-4-12(3,13)11-14-9-6-5-8(2)7-10(9)15-11/h5-7H,4,13H2,1-3H3. The van der Waals surface area contributed by atoms with Crippen molar-refractivity contribution in [3.63, 3.8) is 0 Å². The van der Waals surface area contributed by atoms with E-state index >= 15 is 0 Å². The number of aromatic nitrogens is 1. The predicted octanol–water partition coefficient (Wildman–Crippen LogP) is 2.72. The Morgan fingerprint density at radius 2 is 2.20 bits per heavy atom. The van der Waals surface area contributed by atoms with Gasteiger partial charge in [-0.15, -0.1) is 0 Å². The molecule has 0 aliphatic heterocycles. The Hall–Kier alpha value is -1.35. The SMILES string of the molecule is CCC(C)(N)c1nc2ccc(C)cc2o1. The predicted molar refractivity (Wildman–Crippen MR) is 60.6 cm³/mol. The third-order valence-corrected chi connectivity index (χ3v) is 2.77. The summed E-state index contributed by atoms with van der Waals surface area (Å²) in [6.07, 6.45) is 0.804. The molecule has 0 bridgehead atoms. The molecule has 3 heteroatoms. The van der Waals surface area contributed by atoms with Crippen LogP contribution in [0, 0.1) is 6.92 Å². The molecule has 0 amide bonds. The lowest BCUT2D eigenvalue weighted by molar-refractivity contribution is 0.356. The van der Waals surface area contributed by atoms with Crippen LogP contribution in [0.25, 0.3) is 11.1 Å². The molecule has 2 N–H and O–H groups in total. The number of rotatable bonds is 2. The van der Waals surface area contributed by atoms with E-state index in [4.69, 9.17) is 10.2 Å². The van der Waals surface area contributed by atoms with Gasteiger partial charge >= 0.3 is 0 Å². The monoisotopic (exact) mass is 204 g/mol. The molecule has 1 unspecified atom stereocenters. The van der Waals surface area contributed by atoms with Crippen molar-refractivity contribution in [2.75, 3.05) is 0 Å². The van der Waals surface area contributed by atoms with Gasteiger partial charge in [0.1, 0.15) is 5.52 Å². The van der Waals surface area contributed by atoms with Gasteiger partial charge in [0.25, 0.3) is 0 Å². The van der Waals surface area contributed by atoms with Crippen LogP contribution in [0.15, 0.2) is 22.6 Å². The lowest BCUT2D eigenvalue weighted by Gasteiger charge is -2.17. The Morgan fingerprint density at radius 3 is 2.87 bits per heavy atom. The Balaban J connectivity index is 2.56. The van der Waals surface area contributed by atoms with E-state index in [2.05, 4.69) is 4.98 Å². The number of fused-ring (bicyclic) bond motifs is 1. The Morgan fingerprint density at radius 1 is 1.47 bits per heavy atom. The van der Waals surface area contributed by atoms with Gasteiger partial charge in [0, 0.05) is 0 Å². The second kappa shape index (κ2) is 3.35. The molecule has 1 aromatic carbocycles. The number of hydrogen-bond donors (Lipinski definition) is 1. The molecule has 1 atom stereocenters. The zero-order valence-corrected chi connectivity index (χ0v) is 9.37. The fourth-order valence-corrected chi connectivity index (χ4v) is 1.43. The van der Waals surface area contributed by atoms with Crippen LogP contribution in [0.3, 0.4) is 0 Å². The minimum atomic E-state index is -0.479. The van der Waals surface area contributed by atoms with Crippen LogP contribution in [-0.4, -0.2) is 4.98 Å². The Bertz CT molecular complexity index is 485. The highest BCUT2D eigenvalue weighted by Gasteiger charge is 2.25. The molecule has 0 fully saturated rings. The maximum absolute atomic E-state index is 6.08. The molecule has 2 rings (SSSR count). The second-order valence-electron chi connectivity index (χ2n) is 4.26. The van der Waals surface area contributed by atoms with E-state index in [0.29, 0.717) is 5.89 Å². The lowest BCUT2D eigenvalue weighted by Crippen LogP contribution is -2.32. The second-order valence-corrected chi connectivity index (χ2v) is 4.26. The molecular formula is C12H16N2O. The van der Waals surface area contributed by atoms with E-state index in [1.807, 2.05) is 39.0 Å². The molecular weight excluding hydrogens is 188 g/mol. The van der Waals surface area contributed by atoms with Gasteiger partial charge < -0.3 is 10.2 Å².